The molecule has 1 saturated heterocycles. The molecule has 118 valence electrons. The molecular formula is C16H26N2O2S. The average molecular weight is 310 g/mol. The molecule has 0 radical (unpaired) electrons. The molecular weight excluding hydrogens is 284 g/mol. The van der Waals surface area contributed by atoms with Gasteiger partial charge in [-0.25, -0.2) is 0 Å². The van der Waals surface area contributed by atoms with Crippen LogP contribution in [0.1, 0.15) is 41.2 Å². The second-order valence-corrected chi connectivity index (χ2v) is 6.58. The van der Waals surface area contributed by atoms with Gasteiger partial charge in [-0.05, 0) is 25.5 Å². The number of piperazine rings is 1. The van der Waals surface area contributed by atoms with E-state index in [1.807, 2.05) is 11.0 Å². The van der Waals surface area contributed by atoms with Crippen LogP contribution in [0, 0.1) is 0 Å². The highest BCUT2D eigenvalue weighted by molar-refractivity contribution is 7.14. The van der Waals surface area contributed by atoms with Crippen LogP contribution in [0.25, 0.3) is 0 Å². The monoisotopic (exact) mass is 310 g/mol. The van der Waals surface area contributed by atoms with Crippen molar-refractivity contribution in [1.29, 1.82) is 0 Å². The number of amides is 1. The van der Waals surface area contributed by atoms with Gasteiger partial charge in [-0.1, -0.05) is 20.3 Å². The van der Waals surface area contributed by atoms with Gasteiger partial charge in [0, 0.05) is 31.1 Å². The number of carbonyl (C=O) groups excluding carboxylic acids is 1. The Bertz CT molecular complexity index is 465. The molecule has 0 unspecified atom stereocenters. The van der Waals surface area contributed by atoms with Crippen molar-refractivity contribution in [2.45, 2.75) is 33.1 Å². The molecule has 1 aliphatic rings. The van der Waals surface area contributed by atoms with Crippen LogP contribution in [-0.4, -0.2) is 55.5 Å². The molecule has 0 spiro atoms. The molecule has 1 aromatic rings. The molecule has 2 heterocycles. The van der Waals surface area contributed by atoms with Crippen LogP contribution in [0.4, 0.5) is 0 Å². The van der Waals surface area contributed by atoms with Crippen molar-refractivity contribution in [3.63, 3.8) is 0 Å². The summed E-state index contributed by atoms with van der Waals surface area (Å²) in [6.07, 6.45) is 3.36. The van der Waals surface area contributed by atoms with E-state index in [0.717, 1.165) is 56.2 Å². The van der Waals surface area contributed by atoms with Crippen molar-refractivity contribution in [3.05, 3.63) is 15.8 Å². The SMILES string of the molecule is CCCCc1cc(OC)c(C(=O)N2CCN(CC)CC2)s1. The van der Waals surface area contributed by atoms with E-state index in [4.69, 9.17) is 4.74 Å². The number of methoxy groups -OCH3 is 1. The maximum absolute atomic E-state index is 12.7. The number of hydrogen-bond acceptors (Lipinski definition) is 4. The van der Waals surface area contributed by atoms with E-state index >= 15 is 0 Å². The predicted molar refractivity (Wildman–Crippen MR) is 87.5 cm³/mol. The molecule has 0 saturated carbocycles. The second kappa shape index (κ2) is 7.80. The molecule has 1 aromatic heterocycles. The van der Waals surface area contributed by atoms with Crippen LogP contribution >= 0.6 is 11.3 Å². The van der Waals surface area contributed by atoms with Gasteiger partial charge in [0.25, 0.3) is 5.91 Å². The molecule has 4 nitrogen and oxygen atoms in total. The Morgan fingerprint density at radius 1 is 1.29 bits per heavy atom. The highest BCUT2D eigenvalue weighted by Crippen LogP contribution is 2.31. The maximum Gasteiger partial charge on any atom is 0.267 e. The molecule has 1 fully saturated rings. The number of aryl methyl sites for hydroxylation is 1. The van der Waals surface area contributed by atoms with Crippen molar-refractivity contribution in [2.24, 2.45) is 0 Å². The molecule has 1 amide bonds. The third-order valence-corrected chi connectivity index (χ3v) is 5.21. The minimum Gasteiger partial charge on any atom is -0.495 e. The number of rotatable bonds is 6. The van der Waals surface area contributed by atoms with Gasteiger partial charge in [0.2, 0.25) is 0 Å². The molecule has 1 aliphatic heterocycles. The van der Waals surface area contributed by atoms with Crippen LogP contribution in [0.2, 0.25) is 0 Å². The molecule has 0 N–H and O–H groups in total. The standard InChI is InChI=1S/C16H26N2O2S/c1-4-6-7-13-12-14(20-3)15(21-13)16(19)18-10-8-17(5-2)9-11-18/h12H,4-11H2,1-3H3. The zero-order valence-electron chi connectivity index (χ0n) is 13.4. The Labute approximate surface area is 131 Å². The van der Waals surface area contributed by atoms with Gasteiger partial charge in [0.15, 0.2) is 0 Å². The summed E-state index contributed by atoms with van der Waals surface area (Å²) in [5.41, 5.74) is 0. The molecule has 21 heavy (non-hydrogen) atoms. The third-order valence-electron chi connectivity index (χ3n) is 4.05. The van der Waals surface area contributed by atoms with Crippen LogP contribution in [0.5, 0.6) is 5.75 Å². The van der Waals surface area contributed by atoms with E-state index in [9.17, 15) is 4.79 Å². The number of thiophene rings is 1. The third kappa shape index (κ3) is 3.98. The fourth-order valence-electron chi connectivity index (χ4n) is 2.61. The van der Waals surface area contributed by atoms with Gasteiger partial charge in [-0.2, -0.15) is 0 Å². The molecule has 0 atom stereocenters. The fraction of sp³-hybridized carbons (Fsp3) is 0.688. The normalized spacial score (nSPS) is 16.2. The quantitative estimate of drug-likeness (QED) is 0.810. The van der Waals surface area contributed by atoms with Gasteiger partial charge in [0.05, 0.1) is 7.11 Å². The predicted octanol–water partition coefficient (Wildman–Crippen LogP) is 2.88. The molecule has 0 aromatic carbocycles. The first-order valence-electron chi connectivity index (χ1n) is 7.87. The van der Waals surface area contributed by atoms with Crippen molar-refractivity contribution in [2.75, 3.05) is 39.8 Å². The number of ether oxygens (including phenoxy) is 1. The molecule has 2 rings (SSSR count). The van der Waals surface area contributed by atoms with Gasteiger partial charge in [-0.15, -0.1) is 11.3 Å². The Hall–Kier alpha value is -1.07. The van der Waals surface area contributed by atoms with E-state index in [1.54, 1.807) is 18.4 Å². The minimum atomic E-state index is 0.135. The first-order valence-corrected chi connectivity index (χ1v) is 8.69. The summed E-state index contributed by atoms with van der Waals surface area (Å²) in [7, 11) is 1.65. The summed E-state index contributed by atoms with van der Waals surface area (Å²) in [6, 6.07) is 2.04. The lowest BCUT2D eigenvalue weighted by Gasteiger charge is -2.33. The summed E-state index contributed by atoms with van der Waals surface area (Å²) >= 11 is 1.60. The van der Waals surface area contributed by atoms with Crippen molar-refractivity contribution >= 4 is 17.2 Å². The first kappa shape index (κ1) is 16.3. The van der Waals surface area contributed by atoms with Crippen LogP contribution in [0.3, 0.4) is 0 Å². The highest BCUT2D eigenvalue weighted by Gasteiger charge is 2.25. The van der Waals surface area contributed by atoms with E-state index in [1.165, 1.54) is 11.3 Å². The number of carbonyl (C=O) groups is 1. The minimum absolute atomic E-state index is 0.135. The molecule has 0 aliphatic carbocycles. The Balaban J connectivity index is 2.06. The van der Waals surface area contributed by atoms with Gasteiger partial charge >= 0.3 is 0 Å². The Morgan fingerprint density at radius 2 is 2.00 bits per heavy atom. The second-order valence-electron chi connectivity index (χ2n) is 5.44. The summed E-state index contributed by atoms with van der Waals surface area (Å²) in [5, 5.41) is 0. The van der Waals surface area contributed by atoms with Gasteiger partial charge < -0.3 is 14.5 Å². The summed E-state index contributed by atoms with van der Waals surface area (Å²) in [4.78, 5) is 19.1. The number of nitrogens with zero attached hydrogens (tertiary/aromatic N) is 2. The Morgan fingerprint density at radius 3 is 2.57 bits per heavy atom. The van der Waals surface area contributed by atoms with Gasteiger partial charge in [-0.3, -0.25) is 4.79 Å². The zero-order valence-corrected chi connectivity index (χ0v) is 14.2. The van der Waals surface area contributed by atoms with Crippen molar-refractivity contribution in [3.8, 4) is 5.75 Å². The molecule has 0 bridgehead atoms. The maximum atomic E-state index is 12.7. The largest absolute Gasteiger partial charge is 0.495 e. The summed E-state index contributed by atoms with van der Waals surface area (Å²) < 4.78 is 5.41. The lowest BCUT2D eigenvalue weighted by molar-refractivity contribution is 0.0645. The van der Waals surface area contributed by atoms with E-state index in [2.05, 4.69) is 18.7 Å². The highest BCUT2D eigenvalue weighted by atomic mass is 32.1. The van der Waals surface area contributed by atoms with Crippen LogP contribution < -0.4 is 4.74 Å². The van der Waals surface area contributed by atoms with Crippen LogP contribution in [-0.2, 0) is 6.42 Å². The number of hydrogen-bond donors (Lipinski definition) is 0. The Kier molecular flexibility index (Phi) is 6.06. The lowest BCUT2D eigenvalue weighted by Crippen LogP contribution is -2.48. The smallest absolute Gasteiger partial charge is 0.267 e. The fourth-order valence-corrected chi connectivity index (χ4v) is 3.74. The molecule has 5 heteroatoms. The number of unbranched alkanes of at least 4 members (excludes halogenated alkanes) is 1. The van der Waals surface area contributed by atoms with Crippen molar-refractivity contribution in [1.82, 2.24) is 9.80 Å². The van der Waals surface area contributed by atoms with Crippen molar-refractivity contribution < 1.29 is 9.53 Å². The zero-order chi connectivity index (χ0) is 15.2. The first-order chi connectivity index (χ1) is 10.2. The van der Waals surface area contributed by atoms with Gasteiger partial charge in [0.1, 0.15) is 10.6 Å². The average Bonchev–Trinajstić information content (AvgIpc) is 2.95. The lowest BCUT2D eigenvalue weighted by atomic mass is 10.2. The van der Waals surface area contributed by atoms with E-state index in [-0.39, 0.29) is 5.91 Å². The summed E-state index contributed by atoms with van der Waals surface area (Å²) in [5.74, 6) is 0.879. The van der Waals surface area contributed by atoms with E-state index < -0.39 is 0 Å². The van der Waals surface area contributed by atoms with Crippen LogP contribution in [0.15, 0.2) is 6.07 Å². The topological polar surface area (TPSA) is 32.8 Å². The number of likely N-dealkylation sites (N-methyl/N-ethyl adjacent to an activating group) is 1. The summed E-state index contributed by atoms with van der Waals surface area (Å²) in [6.45, 7) is 8.99. The van der Waals surface area contributed by atoms with E-state index in [0.29, 0.717) is 0 Å².